The van der Waals surface area contributed by atoms with E-state index in [-0.39, 0.29) is 29.9 Å². The maximum atomic E-state index is 14.4. The average Bonchev–Trinajstić information content (AvgIpc) is 2.72. The van der Waals surface area contributed by atoms with Crippen LogP contribution in [0.15, 0.2) is 0 Å². The molecule has 3 aliphatic rings. The van der Waals surface area contributed by atoms with Crippen LogP contribution in [-0.4, -0.2) is 43.0 Å². The van der Waals surface area contributed by atoms with Crippen LogP contribution in [0, 0.1) is 23.2 Å². The van der Waals surface area contributed by atoms with Gasteiger partial charge in [0.25, 0.3) is 0 Å². The summed E-state index contributed by atoms with van der Waals surface area (Å²) in [6.07, 6.45) is 3.80. The van der Waals surface area contributed by atoms with Gasteiger partial charge in [0.2, 0.25) is 0 Å². The molecule has 3 nitrogen and oxygen atoms in total. The molecule has 3 rings (SSSR count). The van der Waals surface area contributed by atoms with Crippen LogP contribution in [0.4, 0.5) is 8.78 Å². The Hall–Kier alpha value is -0.230. The second-order valence-electron chi connectivity index (χ2n) is 9.77. The van der Waals surface area contributed by atoms with Gasteiger partial charge in [-0.2, -0.15) is 0 Å². The highest BCUT2D eigenvalue weighted by atomic mass is 32.2. The maximum absolute atomic E-state index is 14.4. The highest BCUT2D eigenvalue weighted by Crippen LogP contribution is 2.53. The molecule has 0 aromatic carbocycles. The molecule has 0 radical (unpaired) electrons. The minimum Gasteiger partial charge on any atom is -0.392 e. The monoisotopic (exact) mass is 420 g/mol. The number of halogens is 2. The van der Waals surface area contributed by atoms with E-state index in [0.29, 0.717) is 51.4 Å². The number of aliphatic hydroxyl groups is 1. The lowest BCUT2D eigenvalue weighted by molar-refractivity contribution is -0.0708. The van der Waals surface area contributed by atoms with Gasteiger partial charge in [-0.1, -0.05) is 26.7 Å². The van der Waals surface area contributed by atoms with Crippen molar-refractivity contribution in [3.8, 4) is 0 Å². The molecular weight excluding hydrogens is 382 g/mol. The summed E-state index contributed by atoms with van der Waals surface area (Å²) in [5.74, 6) is -0.448. The Balaban J connectivity index is 2.03. The molecule has 1 aliphatic heterocycles. The zero-order valence-electron chi connectivity index (χ0n) is 17.5. The lowest BCUT2D eigenvalue weighted by Gasteiger charge is -2.46. The van der Waals surface area contributed by atoms with Crippen LogP contribution < -0.4 is 0 Å². The molecule has 3 unspecified atom stereocenters. The zero-order chi connectivity index (χ0) is 20.5. The van der Waals surface area contributed by atoms with E-state index in [4.69, 9.17) is 0 Å². The molecule has 3 fully saturated rings. The smallest absolute Gasteiger partial charge is 0.154 e. The third-order valence-corrected chi connectivity index (χ3v) is 10.7. The molecule has 0 aromatic heterocycles. The number of sulfone groups is 1. The van der Waals surface area contributed by atoms with Crippen molar-refractivity contribution in [1.29, 1.82) is 0 Å². The first-order chi connectivity index (χ1) is 13.2. The Morgan fingerprint density at radius 1 is 1.00 bits per heavy atom. The molecule has 2 saturated carbocycles. The third kappa shape index (κ3) is 4.28. The summed E-state index contributed by atoms with van der Waals surface area (Å²) in [6.45, 7) is 4.06. The molecular formula is C22H38F2O3S. The summed E-state index contributed by atoms with van der Waals surface area (Å²) < 4.78 is 55.0. The van der Waals surface area contributed by atoms with Crippen molar-refractivity contribution in [3.63, 3.8) is 0 Å². The molecule has 1 heterocycles. The van der Waals surface area contributed by atoms with Crippen molar-refractivity contribution in [3.05, 3.63) is 0 Å². The van der Waals surface area contributed by atoms with E-state index < -0.39 is 38.9 Å². The maximum Gasteiger partial charge on any atom is 0.154 e. The Kier molecular flexibility index (Phi) is 7.11. The van der Waals surface area contributed by atoms with Crippen LogP contribution in [0.2, 0.25) is 0 Å². The number of fused-ring (bicyclic) bond motifs is 1. The molecule has 0 bridgehead atoms. The van der Waals surface area contributed by atoms with Gasteiger partial charge >= 0.3 is 0 Å². The van der Waals surface area contributed by atoms with Crippen LogP contribution in [0.5, 0.6) is 0 Å². The minimum atomic E-state index is -3.41. The molecule has 164 valence electrons. The standard InChI is InChI=1S/C22H38F2O3S/c1-3-5-12-22(4-2)14-28(26,27)19-11-10-17(24)13-18(19)20(21(22)25)15-6-8-16(23)9-7-15/h15-21,25H,3-14H2,1-2H3/t15?,16?,17?,18?,19?,20-,21-,22-/m1/s1. The van der Waals surface area contributed by atoms with E-state index in [9.17, 15) is 22.3 Å². The van der Waals surface area contributed by atoms with Crippen molar-refractivity contribution >= 4 is 9.84 Å². The van der Waals surface area contributed by atoms with E-state index in [2.05, 4.69) is 6.92 Å². The molecule has 2 aliphatic carbocycles. The van der Waals surface area contributed by atoms with E-state index in [0.717, 1.165) is 12.8 Å². The number of alkyl halides is 2. The van der Waals surface area contributed by atoms with Crippen molar-refractivity contribution in [2.75, 3.05) is 5.75 Å². The second-order valence-corrected chi connectivity index (χ2v) is 12.0. The molecule has 1 saturated heterocycles. The molecule has 0 spiro atoms. The lowest BCUT2D eigenvalue weighted by atomic mass is 9.61. The lowest BCUT2D eigenvalue weighted by Crippen LogP contribution is -2.48. The predicted octanol–water partition coefficient (Wildman–Crippen LogP) is 5.01. The summed E-state index contributed by atoms with van der Waals surface area (Å²) in [5.41, 5.74) is -0.658. The van der Waals surface area contributed by atoms with Gasteiger partial charge in [0.15, 0.2) is 9.84 Å². The number of rotatable bonds is 5. The van der Waals surface area contributed by atoms with Crippen LogP contribution in [0.3, 0.4) is 0 Å². The quantitative estimate of drug-likeness (QED) is 0.680. The summed E-state index contributed by atoms with van der Waals surface area (Å²) in [5, 5.41) is 11.1. The van der Waals surface area contributed by atoms with E-state index in [1.165, 1.54) is 0 Å². The van der Waals surface area contributed by atoms with E-state index in [1.54, 1.807) is 0 Å². The van der Waals surface area contributed by atoms with Crippen LogP contribution in [0.1, 0.15) is 84.5 Å². The van der Waals surface area contributed by atoms with Crippen molar-refractivity contribution < 1.29 is 22.3 Å². The Morgan fingerprint density at radius 2 is 1.64 bits per heavy atom. The first kappa shape index (κ1) is 22.5. The fourth-order valence-electron chi connectivity index (χ4n) is 6.52. The molecule has 0 amide bonds. The Morgan fingerprint density at radius 3 is 2.25 bits per heavy atom. The highest BCUT2D eigenvalue weighted by Gasteiger charge is 2.56. The van der Waals surface area contributed by atoms with Gasteiger partial charge in [0.1, 0.15) is 12.3 Å². The van der Waals surface area contributed by atoms with Crippen LogP contribution >= 0.6 is 0 Å². The summed E-state index contributed by atoms with van der Waals surface area (Å²) in [4.78, 5) is 0. The summed E-state index contributed by atoms with van der Waals surface area (Å²) in [7, 11) is -3.41. The van der Waals surface area contributed by atoms with Crippen molar-refractivity contribution in [2.24, 2.45) is 23.2 Å². The SMILES string of the molecule is CCCC[C@]1(CC)CS(=O)(=O)C2CCC(F)CC2[C@@H](C2CCC(F)CC2)[C@H]1O. The summed E-state index contributed by atoms with van der Waals surface area (Å²) >= 11 is 0. The number of hydrogen-bond donors (Lipinski definition) is 1. The predicted molar refractivity (Wildman–Crippen MR) is 108 cm³/mol. The molecule has 28 heavy (non-hydrogen) atoms. The van der Waals surface area contributed by atoms with Crippen molar-refractivity contribution in [2.45, 2.75) is 108 Å². The molecule has 0 aromatic rings. The molecule has 6 atom stereocenters. The Labute approximate surface area is 169 Å². The van der Waals surface area contributed by atoms with Crippen molar-refractivity contribution in [1.82, 2.24) is 0 Å². The second kappa shape index (κ2) is 8.87. The normalized spacial score (nSPS) is 46.5. The van der Waals surface area contributed by atoms with Gasteiger partial charge in [0.05, 0.1) is 17.1 Å². The number of aliphatic hydroxyl groups excluding tert-OH is 1. The third-order valence-electron chi connectivity index (χ3n) is 8.18. The van der Waals surface area contributed by atoms with Gasteiger partial charge < -0.3 is 5.11 Å². The highest BCUT2D eigenvalue weighted by molar-refractivity contribution is 7.92. The first-order valence-electron chi connectivity index (χ1n) is 11.4. The van der Waals surface area contributed by atoms with E-state index >= 15 is 0 Å². The fraction of sp³-hybridized carbons (Fsp3) is 1.00. The van der Waals surface area contributed by atoms with Crippen LogP contribution in [-0.2, 0) is 9.84 Å². The minimum absolute atomic E-state index is 0.0186. The Bertz CT molecular complexity index is 617. The largest absolute Gasteiger partial charge is 0.392 e. The zero-order valence-corrected chi connectivity index (χ0v) is 18.3. The van der Waals surface area contributed by atoms with Crippen LogP contribution in [0.25, 0.3) is 0 Å². The summed E-state index contributed by atoms with van der Waals surface area (Å²) in [6, 6.07) is 0. The number of unbranched alkanes of at least 4 members (excludes halogenated alkanes) is 1. The van der Waals surface area contributed by atoms with Gasteiger partial charge in [-0.25, -0.2) is 17.2 Å². The fourth-order valence-corrected chi connectivity index (χ4v) is 9.37. The molecule has 1 N–H and O–H groups in total. The van der Waals surface area contributed by atoms with Gasteiger partial charge in [0, 0.05) is 5.41 Å². The average molecular weight is 421 g/mol. The van der Waals surface area contributed by atoms with Gasteiger partial charge in [-0.3, -0.25) is 0 Å². The molecule has 6 heteroatoms. The first-order valence-corrected chi connectivity index (χ1v) is 13.1. The van der Waals surface area contributed by atoms with E-state index in [1.807, 2.05) is 6.92 Å². The topological polar surface area (TPSA) is 54.4 Å². The number of hydrogen-bond acceptors (Lipinski definition) is 3. The van der Waals surface area contributed by atoms with Gasteiger partial charge in [-0.05, 0) is 75.5 Å². The van der Waals surface area contributed by atoms with Gasteiger partial charge in [-0.15, -0.1) is 0 Å².